The van der Waals surface area contributed by atoms with Gasteiger partial charge in [-0.3, -0.25) is 0 Å². The molecular formula is C9H15O2. The average Bonchev–Trinajstić information content (AvgIpc) is 2.05. The molecule has 2 heteroatoms. The third-order valence-corrected chi connectivity index (χ3v) is 1.04. The van der Waals surface area contributed by atoms with Crippen LogP contribution < -0.4 is 0 Å². The van der Waals surface area contributed by atoms with Crippen LogP contribution in [0.5, 0.6) is 0 Å². The molecule has 0 aromatic heterocycles. The predicted octanol–water partition coefficient (Wildman–Crippen LogP) is 1.94. The molecule has 11 heavy (non-hydrogen) atoms. The first-order valence-corrected chi connectivity index (χ1v) is 3.59. The Morgan fingerprint density at radius 3 is 1.82 bits per heavy atom. The summed E-state index contributed by atoms with van der Waals surface area (Å²) >= 11 is 0. The Morgan fingerprint density at radius 1 is 1.09 bits per heavy atom. The Kier molecular flexibility index (Phi) is 7.10. The molecule has 0 rings (SSSR count). The lowest BCUT2D eigenvalue weighted by Gasteiger charge is -2.14. The maximum atomic E-state index is 5.19. The Labute approximate surface area is 68.5 Å². The normalized spacial score (nSPS) is 10.0. The quantitative estimate of drug-likeness (QED) is 0.413. The molecule has 0 atom stereocenters. The highest BCUT2D eigenvalue weighted by atomic mass is 16.7. The molecule has 0 unspecified atom stereocenters. The Hall–Kier alpha value is -0.600. The minimum atomic E-state index is -0.231. The van der Waals surface area contributed by atoms with Gasteiger partial charge < -0.3 is 9.47 Å². The van der Waals surface area contributed by atoms with E-state index in [4.69, 9.17) is 9.47 Å². The lowest BCUT2D eigenvalue weighted by Crippen LogP contribution is -2.16. The highest BCUT2D eigenvalue weighted by Crippen LogP contribution is 1.99. The molecule has 0 saturated heterocycles. The fourth-order valence-electron chi connectivity index (χ4n) is 0.566. The van der Waals surface area contributed by atoms with Crippen molar-refractivity contribution in [1.29, 1.82) is 0 Å². The SMILES string of the molecule is [CH2]CC(OCC=C)OCC=C. The van der Waals surface area contributed by atoms with Crippen LogP contribution in [0.1, 0.15) is 6.42 Å². The molecule has 0 aromatic carbocycles. The Bertz CT molecular complexity index is 98.1. The molecule has 0 heterocycles. The van der Waals surface area contributed by atoms with Gasteiger partial charge in [0.1, 0.15) is 0 Å². The molecule has 0 bridgehead atoms. The van der Waals surface area contributed by atoms with E-state index in [9.17, 15) is 0 Å². The monoisotopic (exact) mass is 155 g/mol. The zero-order valence-electron chi connectivity index (χ0n) is 6.79. The summed E-state index contributed by atoms with van der Waals surface area (Å²) in [5, 5.41) is 0. The predicted molar refractivity (Wildman–Crippen MR) is 46.1 cm³/mol. The van der Waals surface area contributed by atoms with Crippen LogP contribution in [0.3, 0.4) is 0 Å². The molecule has 2 nitrogen and oxygen atoms in total. The number of hydrogen-bond donors (Lipinski definition) is 0. The van der Waals surface area contributed by atoms with Gasteiger partial charge in [0, 0.05) is 0 Å². The van der Waals surface area contributed by atoms with Crippen molar-refractivity contribution in [3.63, 3.8) is 0 Å². The summed E-state index contributed by atoms with van der Waals surface area (Å²) in [4.78, 5) is 0. The van der Waals surface area contributed by atoms with Crippen molar-refractivity contribution in [2.45, 2.75) is 12.7 Å². The lowest BCUT2D eigenvalue weighted by atomic mass is 10.5. The van der Waals surface area contributed by atoms with Gasteiger partial charge in [-0.1, -0.05) is 12.2 Å². The third kappa shape index (κ3) is 5.83. The van der Waals surface area contributed by atoms with Crippen molar-refractivity contribution in [3.8, 4) is 0 Å². The zero-order chi connectivity index (χ0) is 8.53. The van der Waals surface area contributed by atoms with Crippen LogP contribution in [-0.2, 0) is 9.47 Å². The van der Waals surface area contributed by atoms with Gasteiger partial charge in [0.15, 0.2) is 6.29 Å². The van der Waals surface area contributed by atoms with Crippen LogP contribution in [-0.4, -0.2) is 19.5 Å². The Morgan fingerprint density at radius 2 is 1.55 bits per heavy atom. The van der Waals surface area contributed by atoms with Gasteiger partial charge in [-0.15, -0.1) is 13.2 Å². The first kappa shape index (κ1) is 10.4. The van der Waals surface area contributed by atoms with Gasteiger partial charge >= 0.3 is 0 Å². The smallest absolute Gasteiger partial charge is 0.158 e. The first-order valence-electron chi connectivity index (χ1n) is 3.59. The van der Waals surface area contributed by atoms with Crippen molar-refractivity contribution in [2.75, 3.05) is 13.2 Å². The first-order chi connectivity index (χ1) is 5.35. The third-order valence-electron chi connectivity index (χ3n) is 1.04. The van der Waals surface area contributed by atoms with Crippen molar-refractivity contribution in [1.82, 2.24) is 0 Å². The average molecular weight is 155 g/mol. The minimum absolute atomic E-state index is 0.231. The van der Waals surface area contributed by atoms with Crippen molar-refractivity contribution < 1.29 is 9.47 Å². The lowest BCUT2D eigenvalue weighted by molar-refractivity contribution is -0.124. The van der Waals surface area contributed by atoms with E-state index < -0.39 is 0 Å². The molecular weight excluding hydrogens is 140 g/mol. The summed E-state index contributed by atoms with van der Waals surface area (Å²) in [6.45, 7) is 11.7. The van der Waals surface area contributed by atoms with E-state index >= 15 is 0 Å². The van der Waals surface area contributed by atoms with Gasteiger partial charge in [0.05, 0.1) is 13.2 Å². The second kappa shape index (κ2) is 7.51. The van der Waals surface area contributed by atoms with E-state index in [0.717, 1.165) is 0 Å². The van der Waals surface area contributed by atoms with Gasteiger partial charge in [-0.2, -0.15) is 0 Å². The fourth-order valence-corrected chi connectivity index (χ4v) is 0.566. The van der Waals surface area contributed by atoms with Crippen molar-refractivity contribution in [3.05, 3.63) is 32.2 Å². The summed E-state index contributed by atoms with van der Waals surface area (Å²) in [5.74, 6) is 0. The topological polar surface area (TPSA) is 18.5 Å². The molecule has 0 aliphatic carbocycles. The highest BCUT2D eigenvalue weighted by Gasteiger charge is 2.02. The van der Waals surface area contributed by atoms with Gasteiger partial charge in [-0.05, 0) is 13.3 Å². The second-order valence-corrected chi connectivity index (χ2v) is 1.96. The number of ether oxygens (including phenoxy) is 2. The van der Waals surface area contributed by atoms with E-state index in [1.165, 1.54) is 0 Å². The molecule has 0 aromatic rings. The Balaban J connectivity index is 3.39. The second-order valence-electron chi connectivity index (χ2n) is 1.96. The van der Waals surface area contributed by atoms with E-state index in [-0.39, 0.29) is 6.29 Å². The molecule has 0 saturated carbocycles. The van der Waals surface area contributed by atoms with E-state index in [2.05, 4.69) is 20.1 Å². The minimum Gasteiger partial charge on any atom is -0.349 e. The van der Waals surface area contributed by atoms with Crippen LogP contribution in [0.25, 0.3) is 0 Å². The largest absolute Gasteiger partial charge is 0.349 e. The molecule has 0 N–H and O–H groups in total. The van der Waals surface area contributed by atoms with E-state index in [1.54, 1.807) is 12.2 Å². The van der Waals surface area contributed by atoms with Crippen LogP contribution in [0, 0.1) is 6.92 Å². The van der Waals surface area contributed by atoms with E-state index in [0.29, 0.717) is 19.6 Å². The van der Waals surface area contributed by atoms with Crippen LogP contribution in [0.2, 0.25) is 0 Å². The van der Waals surface area contributed by atoms with Crippen molar-refractivity contribution >= 4 is 0 Å². The summed E-state index contributed by atoms with van der Waals surface area (Å²) in [5.41, 5.74) is 0. The molecule has 1 radical (unpaired) electrons. The zero-order valence-corrected chi connectivity index (χ0v) is 6.79. The molecule has 0 amide bonds. The maximum absolute atomic E-state index is 5.19. The summed E-state index contributed by atoms with van der Waals surface area (Å²) in [7, 11) is 0. The standard InChI is InChI=1S/C9H15O2/c1-4-7-10-9(6-3)11-8-5-2/h4-5,9H,1-3,6-8H2. The van der Waals surface area contributed by atoms with Crippen LogP contribution in [0.4, 0.5) is 0 Å². The number of rotatable bonds is 7. The summed E-state index contributed by atoms with van der Waals surface area (Å²) in [6.07, 6.45) is 3.73. The van der Waals surface area contributed by atoms with Crippen LogP contribution >= 0.6 is 0 Å². The van der Waals surface area contributed by atoms with Gasteiger partial charge in [-0.25, -0.2) is 0 Å². The summed E-state index contributed by atoms with van der Waals surface area (Å²) < 4.78 is 10.4. The van der Waals surface area contributed by atoms with Gasteiger partial charge in [0.2, 0.25) is 0 Å². The van der Waals surface area contributed by atoms with Crippen molar-refractivity contribution in [2.24, 2.45) is 0 Å². The maximum Gasteiger partial charge on any atom is 0.158 e. The molecule has 0 fully saturated rings. The number of hydrogen-bond acceptors (Lipinski definition) is 2. The molecule has 0 aliphatic heterocycles. The van der Waals surface area contributed by atoms with E-state index in [1.807, 2.05) is 0 Å². The fraction of sp³-hybridized carbons (Fsp3) is 0.444. The highest BCUT2D eigenvalue weighted by molar-refractivity contribution is 4.67. The van der Waals surface area contributed by atoms with Gasteiger partial charge in [0.25, 0.3) is 0 Å². The van der Waals surface area contributed by atoms with Crippen LogP contribution in [0.15, 0.2) is 25.3 Å². The molecule has 0 aliphatic rings. The summed E-state index contributed by atoms with van der Waals surface area (Å²) in [6, 6.07) is 0. The molecule has 0 spiro atoms. The molecule has 63 valence electrons.